The van der Waals surface area contributed by atoms with Gasteiger partial charge in [0.25, 0.3) is 0 Å². The first-order chi connectivity index (χ1) is 5.13. The first-order valence-corrected chi connectivity index (χ1v) is 3.51. The molecule has 12 heavy (non-hydrogen) atoms. The van der Waals surface area contributed by atoms with Crippen molar-refractivity contribution in [2.75, 3.05) is 6.61 Å². The molecule has 1 N–H and O–H groups in total. The Morgan fingerprint density at radius 3 is 1.92 bits per heavy atom. The minimum atomic E-state index is -4.59. The van der Waals surface area contributed by atoms with E-state index in [-0.39, 0.29) is 0 Å². The summed E-state index contributed by atoms with van der Waals surface area (Å²) in [5, 5.41) is 8.50. The molecule has 0 saturated carbocycles. The van der Waals surface area contributed by atoms with Gasteiger partial charge in [-0.25, -0.2) is 0 Å². The van der Waals surface area contributed by atoms with Gasteiger partial charge in [0.15, 0.2) is 6.10 Å². The smallest absolute Gasteiger partial charge is 0.382 e. The molecule has 0 spiro atoms. The van der Waals surface area contributed by atoms with Crippen molar-refractivity contribution in [1.82, 2.24) is 0 Å². The van der Waals surface area contributed by atoms with E-state index in [1.165, 1.54) is 0 Å². The normalized spacial score (nSPS) is 16.2. The van der Waals surface area contributed by atoms with Crippen LogP contribution in [0.3, 0.4) is 0 Å². The molecule has 0 aromatic heterocycles. The van der Waals surface area contributed by atoms with Crippen molar-refractivity contribution in [1.29, 1.82) is 0 Å². The van der Waals surface area contributed by atoms with Crippen LogP contribution in [0, 0.1) is 0 Å². The molecule has 0 aliphatic rings. The molecule has 0 aliphatic carbocycles. The van der Waals surface area contributed by atoms with Crippen molar-refractivity contribution in [2.45, 2.75) is 38.7 Å². The van der Waals surface area contributed by atoms with Gasteiger partial charge in [0.2, 0.25) is 0 Å². The summed E-state index contributed by atoms with van der Waals surface area (Å²) in [6, 6.07) is 0. The van der Waals surface area contributed by atoms with Gasteiger partial charge in [-0.1, -0.05) is 0 Å². The molecule has 0 saturated heterocycles. The Bertz CT molecular complexity index is 137. The van der Waals surface area contributed by atoms with Crippen molar-refractivity contribution in [3.05, 3.63) is 0 Å². The van der Waals surface area contributed by atoms with Crippen LogP contribution in [0.4, 0.5) is 13.2 Å². The van der Waals surface area contributed by atoms with Crippen LogP contribution in [0.5, 0.6) is 0 Å². The number of ether oxygens (including phenoxy) is 1. The Morgan fingerprint density at radius 1 is 1.25 bits per heavy atom. The second kappa shape index (κ2) is 3.62. The third kappa shape index (κ3) is 5.37. The lowest BCUT2D eigenvalue weighted by atomic mass is 10.2. The number of rotatable bonds is 2. The topological polar surface area (TPSA) is 29.5 Å². The monoisotopic (exact) mass is 186 g/mol. The van der Waals surface area contributed by atoms with Crippen molar-refractivity contribution < 1.29 is 23.0 Å². The molecular formula is C7H13F3O2. The highest BCUT2D eigenvalue weighted by atomic mass is 19.4. The molecule has 0 heterocycles. The van der Waals surface area contributed by atoms with E-state index in [0.29, 0.717) is 0 Å². The van der Waals surface area contributed by atoms with Crippen molar-refractivity contribution in [2.24, 2.45) is 0 Å². The van der Waals surface area contributed by atoms with Crippen molar-refractivity contribution in [3.8, 4) is 0 Å². The molecule has 2 nitrogen and oxygen atoms in total. The molecule has 1 atom stereocenters. The van der Waals surface area contributed by atoms with Gasteiger partial charge in [0, 0.05) is 0 Å². The lowest BCUT2D eigenvalue weighted by molar-refractivity contribution is -0.225. The van der Waals surface area contributed by atoms with Gasteiger partial charge in [-0.15, -0.1) is 0 Å². The van der Waals surface area contributed by atoms with Gasteiger partial charge < -0.3 is 9.84 Å². The summed E-state index contributed by atoms with van der Waals surface area (Å²) in [7, 11) is 0. The summed E-state index contributed by atoms with van der Waals surface area (Å²) in [6.07, 6.45) is -6.98. The molecular weight excluding hydrogens is 173 g/mol. The summed E-state index contributed by atoms with van der Waals surface area (Å²) in [5.41, 5.74) is -0.660. The summed E-state index contributed by atoms with van der Waals surface area (Å²) in [4.78, 5) is 0. The van der Waals surface area contributed by atoms with Gasteiger partial charge in [-0.05, 0) is 20.8 Å². The Balaban J connectivity index is 3.80. The fraction of sp³-hybridized carbons (Fsp3) is 1.00. The summed E-state index contributed by atoms with van der Waals surface area (Å²) >= 11 is 0. The predicted octanol–water partition coefficient (Wildman–Crippen LogP) is 1.72. The Labute approximate surface area is 69.3 Å². The van der Waals surface area contributed by atoms with Gasteiger partial charge in [-0.3, -0.25) is 0 Å². The van der Waals surface area contributed by atoms with Crippen LogP contribution in [-0.4, -0.2) is 29.6 Å². The van der Waals surface area contributed by atoms with E-state index < -0.39 is 24.5 Å². The fourth-order valence-electron chi connectivity index (χ4n) is 0.423. The molecule has 0 bridgehead atoms. The Hall–Kier alpha value is -0.290. The highest BCUT2D eigenvalue weighted by Gasteiger charge is 2.38. The van der Waals surface area contributed by atoms with E-state index in [1.54, 1.807) is 20.8 Å². The van der Waals surface area contributed by atoms with E-state index in [2.05, 4.69) is 0 Å². The zero-order valence-corrected chi connectivity index (χ0v) is 7.27. The summed E-state index contributed by atoms with van der Waals surface area (Å²) < 4.78 is 39.8. The first kappa shape index (κ1) is 11.7. The molecule has 0 aromatic rings. The lowest BCUT2D eigenvalue weighted by Gasteiger charge is -2.22. The minimum absolute atomic E-state index is 0.660. The molecule has 74 valence electrons. The first-order valence-electron chi connectivity index (χ1n) is 3.51. The van der Waals surface area contributed by atoms with Crippen LogP contribution in [0.25, 0.3) is 0 Å². The van der Waals surface area contributed by atoms with Crippen LogP contribution >= 0.6 is 0 Å². The number of hydrogen-bond donors (Lipinski definition) is 1. The van der Waals surface area contributed by atoms with E-state index >= 15 is 0 Å². The van der Waals surface area contributed by atoms with Crippen LogP contribution in [0.1, 0.15) is 20.8 Å². The molecule has 0 unspecified atom stereocenters. The largest absolute Gasteiger partial charge is 0.416 e. The van der Waals surface area contributed by atoms with Crippen molar-refractivity contribution >= 4 is 0 Å². The zero-order valence-electron chi connectivity index (χ0n) is 7.27. The average Bonchev–Trinajstić information content (AvgIpc) is 1.78. The quantitative estimate of drug-likeness (QED) is 0.711. The SMILES string of the molecule is CC(C)(C)OC[C@@H](O)C(F)(F)F. The minimum Gasteiger partial charge on any atom is -0.382 e. The predicted molar refractivity (Wildman–Crippen MR) is 37.8 cm³/mol. The zero-order chi connectivity index (χ0) is 9.99. The number of alkyl halides is 3. The number of aliphatic hydroxyl groups excluding tert-OH is 1. The second-order valence-electron chi connectivity index (χ2n) is 3.48. The van der Waals surface area contributed by atoms with E-state index in [1.807, 2.05) is 0 Å². The lowest BCUT2D eigenvalue weighted by Crippen LogP contribution is -2.36. The molecule has 0 aliphatic heterocycles. The fourth-order valence-corrected chi connectivity index (χ4v) is 0.423. The maximum absolute atomic E-state index is 11.7. The highest BCUT2D eigenvalue weighted by molar-refractivity contribution is 4.67. The molecule has 0 aromatic carbocycles. The molecule has 0 fully saturated rings. The van der Waals surface area contributed by atoms with Crippen LogP contribution < -0.4 is 0 Å². The number of hydrogen-bond acceptors (Lipinski definition) is 2. The molecule has 0 amide bonds. The van der Waals surface area contributed by atoms with E-state index in [0.717, 1.165) is 0 Å². The molecule has 0 radical (unpaired) electrons. The third-order valence-corrected chi connectivity index (χ3v) is 1.05. The molecule has 5 heteroatoms. The average molecular weight is 186 g/mol. The third-order valence-electron chi connectivity index (χ3n) is 1.05. The second-order valence-corrected chi connectivity index (χ2v) is 3.48. The summed E-state index contributed by atoms with van der Waals surface area (Å²) in [5.74, 6) is 0. The van der Waals surface area contributed by atoms with Gasteiger partial charge in [0.1, 0.15) is 0 Å². The van der Waals surface area contributed by atoms with Crippen molar-refractivity contribution in [3.63, 3.8) is 0 Å². The van der Waals surface area contributed by atoms with E-state index in [4.69, 9.17) is 9.84 Å². The van der Waals surface area contributed by atoms with Gasteiger partial charge in [0.05, 0.1) is 12.2 Å². The highest BCUT2D eigenvalue weighted by Crippen LogP contribution is 2.21. The Kier molecular flexibility index (Phi) is 3.53. The van der Waals surface area contributed by atoms with Gasteiger partial charge in [-0.2, -0.15) is 13.2 Å². The maximum atomic E-state index is 11.7. The maximum Gasteiger partial charge on any atom is 0.416 e. The molecule has 0 rings (SSSR count). The standard InChI is InChI=1S/C7H13F3O2/c1-6(2,3)12-4-5(11)7(8,9)10/h5,11H,4H2,1-3H3/t5-/m1/s1. The number of aliphatic hydroxyl groups is 1. The number of halogens is 3. The van der Waals surface area contributed by atoms with Crippen LogP contribution in [0.15, 0.2) is 0 Å². The summed E-state index contributed by atoms with van der Waals surface area (Å²) in [6.45, 7) is 4.15. The van der Waals surface area contributed by atoms with Crippen LogP contribution in [0.2, 0.25) is 0 Å². The Morgan fingerprint density at radius 2 is 1.67 bits per heavy atom. The van der Waals surface area contributed by atoms with Crippen LogP contribution in [-0.2, 0) is 4.74 Å². The van der Waals surface area contributed by atoms with E-state index in [9.17, 15) is 13.2 Å². The van der Waals surface area contributed by atoms with Gasteiger partial charge >= 0.3 is 6.18 Å².